The molecule has 0 unspecified atom stereocenters. The van der Waals surface area contributed by atoms with E-state index in [9.17, 15) is 0 Å². The smallest absolute Gasteiger partial charge is 0.139 e. The van der Waals surface area contributed by atoms with Crippen LogP contribution in [0.4, 0.5) is 5.82 Å². The van der Waals surface area contributed by atoms with E-state index in [1.54, 1.807) is 0 Å². The number of hydrogen-bond acceptors (Lipinski definition) is 2. The summed E-state index contributed by atoms with van der Waals surface area (Å²) in [5, 5.41) is 0. The molecule has 0 aliphatic heterocycles. The first-order valence-corrected chi connectivity index (χ1v) is 7.98. The van der Waals surface area contributed by atoms with Crippen LogP contribution in [-0.4, -0.2) is 9.38 Å². The van der Waals surface area contributed by atoms with Gasteiger partial charge in [0.1, 0.15) is 17.2 Å². The van der Waals surface area contributed by atoms with Crippen LogP contribution in [0.1, 0.15) is 30.0 Å². The summed E-state index contributed by atoms with van der Waals surface area (Å²) in [7, 11) is 0. The fourth-order valence-corrected chi connectivity index (χ4v) is 3.26. The molecule has 1 aromatic carbocycles. The molecule has 0 bridgehead atoms. The Morgan fingerprint density at radius 3 is 2.71 bits per heavy atom. The first-order chi connectivity index (χ1) is 10.2. The molecule has 0 radical (unpaired) electrons. The van der Waals surface area contributed by atoms with Crippen LogP contribution < -0.4 is 5.73 Å². The molecule has 0 atom stereocenters. The molecule has 3 nitrogen and oxygen atoms in total. The van der Waals surface area contributed by atoms with Crippen LogP contribution in [0.2, 0.25) is 0 Å². The number of anilines is 1. The number of benzene rings is 1. The van der Waals surface area contributed by atoms with Crippen molar-refractivity contribution in [1.82, 2.24) is 9.38 Å². The van der Waals surface area contributed by atoms with Crippen molar-refractivity contribution in [3.63, 3.8) is 0 Å². The lowest BCUT2D eigenvalue weighted by Crippen LogP contribution is -1.99. The van der Waals surface area contributed by atoms with Crippen LogP contribution >= 0.6 is 15.9 Å². The zero-order chi connectivity index (χ0) is 14.6. The van der Waals surface area contributed by atoms with Crippen LogP contribution in [0.3, 0.4) is 0 Å². The minimum Gasteiger partial charge on any atom is -0.383 e. The second-order valence-corrected chi connectivity index (χ2v) is 6.52. The average Bonchev–Trinajstić information content (AvgIpc) is 3.28. The third kappa shape index (κ3) is 1.97. The highest BCUT2D eigenvalue weighted by molar-refractivity contribution is 9.10. The molecule has 1 aliphatic carbocycles. The van der Waals surface area contributed by atoms with Gasteiger partial charge in [-0.2, -0.15) is 0 Å². The molecular weight excluding hydrogens is 326 g/mol. The predicted molar refractivity (Wildman–Crippen MR) is 89.5 cm³/mol. The number of hydrogen-bond donors (Lipinski definition) is 1. The Kier molecular flexibility index (Phi) is 2.82. The minimum atomic E-state index is 0.679. The summed E-state index contributed by atoms with van der Waals surface area (Å²) in [4.78, 5) is 4.77. The Morgan fingerprint density at radius 1 is 1.19 bits per heavy atom. The monoisotopic (exact) mass is 341 g/mol. The Balaban J connectivity index is 2.00. The van der Waals surface area contributed by atoms with Crippen LogP contribution in [0, 0.1) is 6.92 Å². The predicted octanol–water partition coefficient (Wildman–Crippen LogP) is 4.53. The maximum absolute atomic E-state index is 6.41. The van der Waals surface area contributed by atoms with E-state index in [2.05, 4.69) is 40.2 Å². The van der Waals surface area contributed by atoms with Crippen molar-refractivity contribution in [2.45, 2.75) is 25.7 Å². The van der Waals surface area contributed by atoms with E-state index in [1.807, 2.05) is 23.5 Å². The van der Waals surface area contributed by atoms with Gasteiger partial charge in [-0.05, 0) is 59.3 Å². The summed E-state index contributed by atoms with van der Waals surface area (Å²) in [6.07, 6.45) is 2.55. The normalized spacial score (nSPS) is 14.8. The van der Waals surface area contributed by atoms with Crippen molar-refractivity contribution >= 4 is 27.4 Å². The van der Waals surface area contributed by atoms with Gasteiger partial charge in [-0.1, -0.05) is 24.3 Å². The molecule has 4 rings (SSSR count). The number of fused-ring (bicyclic) bond motifs is 1. The number of halogens is 1. The summed E-state index contributed by atoms with van der Waals surface area (Å²) in [6.45, 7) is 2.05. The molecule has 2 aromatic heterocycles. The molecule has 0 saturated heterocycles. The van der Waals surface area contributed by atoms with Crippen LogP contribution in [0.15, 0.2) is 40.9 Å². The maximum Gasteiger partial charge on any atom is 0.139 e. The van der Waals surface area contributed by atoms with Gasteiger partial charge in [-0.3, -0.25) is 4.40 Å². The van der Waals surface area contributed by atoms with E-state index in [1.165, 1.54) is 24.0 Å². The zero-order valence-electron chi connectivity index (χ0n) is 11.8. The van der Waals surface area contributed by atoms with Gasteiger partial charge in [0.2, 0.25) is 0 Å². The molecule has 2 N–H and O–H groups in total. The Hall–Kier alpha value is -1.81. The minimum absolute atomic E-state index is 0.679. The van der Waals surface area contributed by atoms with Gasteiger partial charge in [-0.15, -0.1) is 0 Å². The quantitative estimate of drug-likeness (QED) is 0.743. The first kappa shape index (κ1) is 12.9. The number of imidazole rings is 1. The zero-order valence-corrected chi connectivity index (χ0v) is 13.4. The highest BCUT2D eigenvalue weighted by atomic mass is 79.9. The van der Waals surface area contributed by atoms with E-state index < -0.39 is 0 Å². The third-order valence-corrected chi connectivity index (χ3v) is 5.07. The SMILES string of the molecule is Cc1c(Br)ccc2nc(-c3ccccc3C3CC3)c(N)n12. The van der Waals surface area contributed by atoms with Crippen molar-refractivity contribution in [2.24, 2.45) is 0 Å². The molecule has 1 fully saturated rings. The van der Waals surface area contributed by atoms with Gasteiger partial charge in [0.05, 0.1) is 0 Å². The highest BCUT2D eigenvalue weighted by Gasteiger charge is 2.27. The van der Waals surface area contributed by atoms with Gasteiger partial charge < -0.3 is 5.73 Å². The first-order valence-electron chi connectivity index (χ1n) is 7.19. The molecule has 1 aliphatic rings. The van der Waals surface area contributed by atoms with Gasteiger partial charge in [0.25, 0.3) is 0 Å². The largest absolute Gasteiger partial charge is 0.383 e. The van der Waals surface area contributed by atoms with E-state index in [4.69, 9.17) is 10.7 Å². The number of nitrogen functional groups attached to an aromatic ring is 1. The molecule has 106 valence electrons. The molecule has 2 heterocycles. The molecular formula is C17H16BrN3. The lowest BCUT2D eigenvalue weighted by molar-refractivity contribution is 1.09. The van der Waals surface area contributed by atoms with Crippen molar-refractivity contribution in [3.05, 3.63) is 52.1 Å². The molecule has 21 heavy (non-hydrogen) atoms. The number of nitrogens with zero attached hydrogens (tertiary/aromatic N) is 2. The average molecular weight is 342 g/mol. The highest BCUT2D eigenvalue weighted by Crippen LogP contribution is 2.45. The van der Waals surface area contributed by atoms with Crippen LogP contribution in [-0.2, 0) is 0 Å². The molecule has 0 amide bonds. The second-order valence-electron chi connectivity index (χ2n) is 5.67. The van der Waals surface area contributed by atoms with Gasteiger partial charge in [0.15, 0.2) is 0 Å². The van der Waals surface area contributed by atoms with Crippen molar-refractivity contribution in [1.29, 1.82) is 0 Å². The summed E-state index contributed by atoms with van der Waals surface area (Å²) >= 11 is 3.56. The van der Waals surface area contributed by atoms with E-state index >= 15 is 0 Å². The Labute approximate surface area is 131 Å². The fraction of sp³-hybridized carbons (Fsp3) is 0.235. The van der Waals surface area contributed by atoms with Crippen LogP contribution in [0.25, 0.3) is 16.9 Å². The molecule has 0 spiro atoms. The molecule has 1 saturated carbocycles. The lowest BCUT2D eigenvalue weighted by atomic mass is 10.0. The summed E-state index contributed by atoms with van der Waals surface area (Å²) < 4.78 is 3.06. The lowest BCUT2D eigenvalue weighted by Gasteiger charge is -2.07. The Morgan fingerprint density at radius 2 is 1.95 bits per heavy atom. The van der Waals surface area contributed by atoms with Crippen molar-refractivity contribution in [3.8, 4) is 11.3 Å². The van der Waals surface area contributed by atoms with Gasteiger partial charge in [-0.25, -0.2) is 4.98 Å². The van der Waals surface area contributed by atoms with Gasteiger partial charge >= 0.3 is 0 Å². The summed E-state index contributed by atoms with van der Waals surface area (Å²) in [5.41, 5.74) is 11.8. The summed E-state index contributed by atoms with van der Waals surface area (Å²) in [6, 6.07) is 12.5. The number of aromatic nitrogens is 2. The maximum atomic E-state index is 6.41. The standard InChI is InChI=1S/C17H16BrN3/c1-10-14(18)8-9-15-20-16(17(19)21(10)15)13-5-3-2-4-12(13)11-6-7-11/h2-5,8-9,11H,6-7,19H2,1H3. The Bertz CT molecular complexity index is 847. The number of pyridine rings is 1. The van der Waals surface area contributed by atoms with E-state index in [0.29, 0.717) is 5.92 Å². The van der Waals surface area contributed by atoms with Crippen molar-refractivity contribution < 1.29 is 0 Å². The molecule has 4 heteroatoms. The van der Waals surface area contributed by atoms with E-state index in [-0.39, 0.29) is 0 Å². The second kappa shape index (κ2) is 4.60. The number of aryl methyl sites for hydroxylation is 1. The topological polar surface area (TPSA) is 43.3 Å². The number of nitrogens with two attached hydrogens (primary N) is 1. The fourth-order valence-electron chi connectivity index (χ4n) is 2.95. The molecule has 3 aromatic rings. The van der Waals surface area contributed by atoms with E-state index in [0.717, 1.165) is 27.3 Å². The van der Waals surface area contributed by atoms with Gasteiger partial charge in [0, 0.05) is 15.7 Å². The number of rotatable bonds is 2. The van der Waals surface area contributed by atoms with Crippen LogP contribution in [0.5, 0.6) is 0 Å². The third-order valence-electron chi connectivity index (χ3n) is 4.23. The summed E-state index contributed by atoms with van der Waals surface area (Å²) in [5.74, 6) is 1.40. The van der Waals surface area contributed by atoms with Crippen molar-refractivity contribution in [2.75, 3.05) is 5.73 Å².